The van der Waals surface area contributed by atoms with Gasteiger partial charge in [-0.2, -0.15) is 0 Å². The largest absolute Gasteiger partial charge is 0.392 e. The number of nitrogens with zero attached hydrogens (tertiary/aromatic N) is 2. The Hall–Kier alpha value is -2.62. The summed E-state index contributed by atoms with van der Waals surface area (Å²) in [6, 6.07) is 14.7. The fourth-order valence-corrected chi connectivity index (χ4v) is 4.10. The van der Waals surface area contributed by atoms with Crippen molar-refractivity contribution >= 4 is 34.9 Å². The van der Waals surface area contributed by atoms with E-state index in [2.05, 4.69) is 15.6 Å². The van der Waals surface area contributed by atoms with Gasteiger partial charge >= 0.3 is 6.03 Å². The molecule has 0 unspecified atom stereocenters. The van der Waals surface area contributed by atoms with Gasteiger partial charge in [-0.05, 0) is 30.2 Å². The first-order chi connectivity index (χ1) is 16.5. The van der Waals surface area contributed by atoms with Crippen LogP contribution in [-0.2, 0) is 22.6 Å². The Kier molecular flexibility index (Phi) is 8.07. The highest BCUT2D eigenvalue weighted by Crippen LogP contribution is 2.39. The lowest BCUT2D eigenvalue weighted by Gasteiger charge is -2.36. The number of benzene rings is 2. The second-order valence-corrected chi connectivity index (χ2v) is 8.65. The number of carbonyl (C=O) groups excluding carboxylic acids is 1. The number of amides is 2. The molecule has 2 aromatic carbocycles. The van der Waals surface area contributed by atoms with Gasteiger partial charge in [0.1, 0.15) is 5.15 Å². The van der Waals surface area contributed by atoms with Crippen LogP contribution in [0.4, 0.5) is 10.5 Å². The number of hydrogen-bond acceptors (Lipinski definition) is 5. The minimum atomic E-state index is -0.627. The number of urea groups is 1. The number of nitrogens with one attached hydrogen (secondary N) is 2. The summed E-state index contributed by atoms with van der Waals surface area (Å²) in [5, 5.41) is 15.4. The lowest BCUT2D eigenvalue weighted by molar-refractivity contribution is -0.252. The number of aromatic nitrogens is 2. The number of hydrogen-bond donors (Lipinski definition) is 3. The Morgan fingerprint density at radius 1 is 1.12 bits per heavy atom. The Balaban J connectivity index is 1.54. The van der Waals surface area contributed by atoms with Crippen molar-refractivity contribution in [2.75, 3.05) is 11.9 Å². The maximum Gasteiger partial charge on any atom is 0.319 e. The molecule has 0 aliphatic carbocycles. The van der Waals surface area contributed by atoms with E-state index < -0.39 is 6.29 Å². The Morgan fingerprint density at radius 3 is 2.44 bits per heavy atom. The molecular formula is C24H26Cl2N4O4. The van der Waals surface area contributed by atoms with E-state index in [1.165, 1.54) is 0 Å². The second-order valence-electron chi connectivity index (χ2n) is 7.94. The number of halogens is 2. The zero-order valence-electron chi connectivity index (χ0n) is 18.6. The fraction of sp³-hybridized carbons (Fsp3) is 0.333. The number of aliphatic hydroxyl groups excluding tert-OH is 1. The Bertz CT molecular complexity index is 1110. The molecule has 4 rings (SSSR count). The van der Waals surface area contributed by atoms with Crippen molar-refractivity contribution in [3.63, 3.8) is 0 Å². The lowest BCUT2D eigenvalue weighted by Crippen LogP contribution is -2.32. The average Bonchev–Trinajstić information content (AvgIpc) is 3.16. The van der Waals surface area contributed by atoms with Crippen molar-refractivity contribution in [2.45, 2.75) is 45.0 Å². The summed E-state index contributed by atoms with van der Waals surface area (Å²) in [7, 11) is 0. The van der Waals surface area contributed by atoms with Gasteiger partial charge in [0, 0.05) is 24.2 Å². The summed E-state index contributed by atoms with van der Waals surface area (Å²) in [6.45, 7) is 2.84. The van der Waals surface area contributed by atoms with E-state index in [1.807, 2.05) is 43.3 Å². The van der Waals surface area contributed by atoms with Crippen LogP contribution in [0, 0.1) is 0 Å². The summed E-state index contributed by atoms with van der Waals surface area (Å²) in [5.74, 6) is 0. The van der Waals surface area contributed by atoms with Crippen molar-refractivity contribution in [2.24, 2.45) is 0 Å². The quantitative estimate of drug-likeness (QED) is 0.417. The van der Waals surface area contributed by atoms with Crippen molar-refractivity contribution in [1.82, 2.24) is 14.9 Å². The number of carbonyl (C=O) groups is 1. The van der Waals surface area contributed by atoms with Gasteiger partial charge in [-0.1, -0.05) is 59.6 Å². The van der Waals surface area contributed by atoms with E-state index in [9.17, 15) is 9.90 Å². The van der Waals surface area contributed by atoms with E-state index in [0.29, 0.717) is 30.4 Å². The van der Waals surface area contributed by atoms with Gasteiger partial charge in [0.15, 0.2) is 11.4 Å². The number of ether oxygens (including phenoxy) is 2. The highest BCUT2D eigenvalue weighted by molar-refractivity contribution is 6.40. The zero-order chi connectivity index (χ0) is 24.1. The van der Waals surface area contributed by atoms with Gasteiger partial charge in [0.2, 0.25) is 0 Å². The van der Waals surface area contributed by atoms with Crippen LogP contribution < -0.4 is 10.6 Å². The maximum absolute atomic E-state index is 11.8. The smallest absolute Gasteiger partial charge is 0.319 e. The van der Waals surface area contributed by atoms with Crippen LogP contribution in [-0.4, -0.2) is 33.3 Å². The first-order valence-electron chi connectivity index (χ1n) is 11.0. The van der Waals surface area contributed by atoms with Gasteiger partial charge in [-0.25, -0.2) is 9.78 Å². The minimum Gasteiger partial charge on any atom is -0.392 e. The number of aliphatic hydroxyl groups is 1. The summed E-state index contributed by atoms with van der Waals surface area (Å²) >= 11 is 12.3. The molecule has 0 bridgehead atoms. The third kappa shape index (κ3) is 5.89. The molecule has 1 saturated heterocycles. The summed E-state index contributed by atoms with van der Waals surface area (Å²) in [5.41, 5.74) is 3.30. The van der Waals surface area contributed by atoms with Crippen molar-refractivity contribution < 1.29 is 19.4 Å². The van der Waals surface area contributed by atoms with Gasteiger partial charge < -0.3 is 29.8 Å². The normalized spacial score (nSPS) is 20.2. The average molecular weight is 505 g/mol. The van der Waals surface area contributed by atoms with E-state index in [0.717, 1.165) is 16.7 Å². The van der Waals surface area contributed by atoms with Crippen LogP contribution in [0.1, 0.15) is 42.4 Å². The molecule has 180 valence electrons. The number of rotatable bonds is 7. The third-order valence-corrected chi connectivity index (χ3v) is 6.30. The molecule has 2 amide bonds. The molecule has 3 atom stereocenters. The topological polar surface area (TPSA) is 97.6 Å². The van der Waals surface area contributed by atoms with Gasteiger partial charge in [-0.3, -0.25) is 0 Å². The second kappa shape index (κ2) is 11.2. The minimum absolute atomic E-state index is 0.0171. The molecule has 1 fully saturated rings. The Morgan fingerprint density at radius 2 is 1.82 bits per heavy atom. The lowest BCUT2D eigenvalue weighted by atomic mass is 10.00. The summed E-state index contributed by atoms with van der Waals surface area (Å²) < 4.78 is 14.4. The molecule has 34 heavy (non-hydrogen) atoms. The standard InChI is InChI=1S/C24H26Cl2N4O4/c1-2-27-24(32)29-18-9-7-17(8-10-18)23-33-19(12-30-14-28-21(25)22(30)26)11-20(34-23)16-5-3-15(13-31)4-6-16/h3-10,14,19-20,23,31H,2,11-13H2,1H3,(H2,27,29,32)/t19-,20+,23+/m0/s1. The summed E-state index contributed by atoms with van der Waals surface area (Å²) in [6.07, 6.45) is 1.10. The van der Waals surface area contributed by atoms with Crippen molar-refractivity contribution in [3.05, 3.63) is 81.9 Å². The van der Waals surface area contributed by atoms with E-state index >= 15 is 0 Å². The Labute approximate surface area is 207 Å². The molecule has 2 heterocycles. The molecule has 3 aromatic rings. The first-order valence-corrected chi connectivity index (χ1v) is 11.7. The highest BCUT2D eigenvalue weighted by atomic mass is 35.5. The third-order valence-electron chi connectivity index (χ3n) is 5.53. The molecule has 1 aromatic heterocycles. The van der Waals surface area contributed by atoms with Gasteiger partial charge in [0.05, 0.1) is 31.7 Å². The molecule has 3 N–H and O–H groups in total. The van der Waals surface area contributed by atoms with Crippen molar-refractivity contribution in [1.29, 1.82) is 0 Å². The predicted octanol–water partition coefficient (Wildman–Crippen LogP) is 5.07. The van der Waals surface area contributed by atoms with Crippen LogP contribution in [0.15, 0.2) is 54.9 Å². The maximum atomic E-state index is 11.8. The SMILES string of the molecule is CCNC(=O)Nc1ccc([C@@H]2O[C@H](Cn3cnc(Cl)c3Cl)C[C@H](c3ccc(CO)cc3)O2)cc1. The molecule has 1 aliphatic rings. The molecule has 1 aliphatic heterocycles. The first kappa shape index (κ1) is 24.5. The van der Waals surface area contributed by atoms with Crippen molar-refractivity contribution in [3.8, 4) is 0 Å². The van der Waals surface area contributed by atoms with E-state index in [-0.39, 0.29) is 30.0 Å². The number of anilines is 1. The van der Waals surface area contributed by atoms with Crippen LogP contribution in [0.2, 0.25) is 10.3 Å². The van der Waals surface area contributed by atoms with Gasteiger partial charge in [-0.15, -0.1) is 0 Å². The molecule has 10 heteroatoms. The van der Waals surface area contributed by atoms with Crippen LogP contribution >= 0.6 is 23.2 Å². The molecular weight excluding hydrogens is 479 g/mol. The molecule has 8 nitrogen and oxygen atoms in total. The van der Waals surface area contributed by atoms with E-state index in [4.69, 9.17) is 32.7 Å². The number of imidazole rings is 1. The van der Waals surface area contributed by atoms with Crippen LogP contribution in [0.5, 0.6) is 0 Å². The fourth-order valence-electron chi connectivity index (χ4n) is 3.78. The van der Waals surface area contributed by atoms with E-state index in [1.54, 1.807) is 23.0 Å². The summed E-state index contributed by atoms with van der Waals surface area (Å²) in [4.78, 5) is 15.8. The molecule has 0 radical (unpaired) electrons. The zero-order valence-corrected chi connectivity index (χ0v) is 20.1. The molecule has 0 saturated carbocycles. The van der Waals surface area contributed by atoms with Crippen LogP contribution in [0.25, 0.3) is 0 Å². The van der Waals surface area contributed by atoms with Crippen LogP contribution in [0.3, 0.4) is 0 Å². The van der Waals surface area contributed by atoms with Gasteiger partial charge in [0.25, 0.3) is 0 Å². The monoisotopic (exact) mass is 504 g/mol. The molecule has 0 spiro atoms. The highest BCUT2D eigenvalue weighted by Gasteiger charge is 2.32. The predicted molar refractivity (Wildman–Crippen MR) is 130 cm³/mol.